The summed E-state index contributed by atoms with van der Waals surface area (Å²) in [5, 5.41) is 9.00. The van der Waals surface area contributed by atoms with Gasteiger partial charge in [0.05, 0.1) is 12.3 Å². The topological polar surface area (TPSA) is 55.2 Å². The summed E-state index contributed by atoms with van der Waals surface area (Å²) >= 11 is 0. The number of aliphatic hydroxyl groups is 1. The zero-order valence-corrected chi connectivity index (χ0v) is 8.89. The van der Waals surface area contributed by atoms with Crippen LogP contribution in [0.15, 0.2) is 12.3 Å². The van der Waals surface area contributed by atoms with Gasteiger partial charge in [0.2, 0.25) is 0 Å². The molecule has 82 valence electrons. The monoisotopic (exact) mass is 208 g/mol. The Hall–Kier alpha value is -1.00. The van der Waals surface area contributed by atoms with Gasteiger partial charge < -0.3 is 9.84 Å². The first-order valence-electron chi connectivity index (χ1n) is 5.39. The highest BCUT2D eigenvalue weighted by Crippen LogP contribution is 2.42. The third-order valence-corrected chi connectivity index (χ3v) is 2.54. The molecule has 0 radical (unpaired) electrons. The van der Waals surface area contributed by atoms with E-state index >= 15 is 0 Å². The lowest BCUT2D eigenvalue weighted by molar-refractivity contribution is 0.0397. The number of hydrogen-bond acceptors (Lipinski definition) is 4. The molecule has 1 atom stereocenters. The average molecular weight is 208 g/mol. The van der Waals surface area contributed by atoms with Crippen molar-refractivity contribution in [3.8, 4) is 0 Å². The van der Waals surface area contributed by atoms with Gasteiger partial charge in [0.15, 0.2) is 5.82 Å². The van der Waals surface area contributed by atoms with E-state index in [0.717, 1.165) is 0 Å². The quantitative estimate of drug-likeness (QED) is 0.795. The van der Waals surface area contributed by atoms with Crippen molar-refractivity contribution in [1.29, 1.82) is 0 Å². The molecule has 1 aromatic heterocycles. The van der Waals surface area contributed by atoms with Crippen LogP contribution >= 0.6 is 0 Å². The van der Waals surface area contributed by atoms with Gasteiger partial charge in [0.1, 0.15) is 6.10 Å². The lowest BCUT2D eigenvalue weighted by Gasteiger charge is -2.14. The van der Waals surface area contributed by atoms with E-state index in [1.165, 1.54) is 12.8 Å². The standard InChI is InChI=1S/C11H16N2O2/c1-2-15-10(8-3-4-8)11-12-6-5-9(7-14)13-11/h5-6,8,10,14H,2-4,7H2,1H3. The van der Waals surface area contributed by atoms with E-state index in [2.05, 4.69) is 9.97 Å². The maximum atomic E-state index is 9.00. The Bertz CT molecular complexity index is 326. The lowest BCUT2D eigenvalue weighted by Crippen LogP contribution is -2.11. The van der Waals surface area contributed by atoms with Crippen LogP contribution in [-0.2, 0) is 11.3 Å². The van der Waals surface area contributed by atoms with E-state index < -0.39 is 0 Å². The Balaban J connectivity index is 2.16. The Morgan fingerprint density at radius 2 is 2.40 bits per heavy atom. The zero-order chi connectivity index (χ0) is 10.7. The van der Waals surface area contributed by atoms with Crippen molar-refractivity contribution in [3.05, 3.63) is 23.8 Å². The molecule has 0 spiro atoms. The van der Waals surface area contributed by atoms with Crippen LogP contribution in [0.5, 0.6) is 0 Å². The molecule has 1 heterocycles. The molecule has 0 aliphatic heterocycles. The van der Waals surface area contributed by atoms with Crippen LogP contribution in [-0.4, -0.2) is 21.7 Å². The maximum absolute atomic E-state index is 9.00. The first-order valence-corrected chi connectivity index (χ1v) is 5.39. The fourth-order valence-electron chi connectivity index (χ4n) is 1.64. The largest absolute Gasteiger partial charge is 0.390 e. The molecule has 15 heavy (non-hydrogen) atoms. The first-order chi connectivity index (χ1) is 7.35. The molecule has 1 saturated carbocycles. The van der Waals surface area contributed by atoms with Crippen molar-refractivity contribution < 1.29 is 9.84 Å². The van der Waals surface area contributed by atoms with Crippen LogP contribution in [0, 0.1) is 5.92 Å². The highest BCUT2D eigenvalue weighted by atomic mass is 16.5. The zero-order valence-electron chi connectivity index (χ0n) is 8.89. The number of ether oxygens (including phenoxy) is 1. The van der Waals surface area contributed by atoms with Gasteiger partial charge in [-0.2, -0.15) is 0 Å². The molecule has 0 amide bonds. The molecule has 1 unspecified atom stereocenters. The molecule has 4 heteroatoms. The Kier molecular flexibility index (Phi) is 3.28. The van der Waals surface area contributed by atoms with Gasteiger partial charge in [-0.15, -0.1) is 0 Å². The van der Waals surface area contributed by atoms with E-state index in [-0.39, 0.29) is 12.7 Å². The van der Waals surface area contributed by atoms with E-state index in [1.54, 1.807) is 12.3 Å². The average Bonchev–Trinajstić information content (AvgIpc) is 3.10. The van der Waals surface area contributed by atoms with Crippen molar-refractivity contribution in [2.75, 3.05) is 6.61 Å². The molecule has 0 aromatic carbocycles. The maximum Gasteiger partial charge on any atom is 0.157 e. The third-order valence-electron chi connectivity index (χ3n) is 2.54. The summed E-state index contributed by atoms with van der Waals surface area (Å²) < 4.78 is 5.64. The molecule has 0 bridgehead atoms. The van der Waals surface area contributed by atoms with Crippen molar-refractivity contribution in [1.82, 2.24) is 9.97 Å². The van der Waals surface area contributed by atoms with Crippen molar-refractivity contribution in [3.63, 3.8) is 0 Å². The van der Waals surface area contributed by atoms with Crippen LogP contribution in [0.1, 0.15) is 37.4 Å². The van der Waals surface area contributed by atoms with Gasteiger partial charge in [-0.25, -0.2) is 9.97 Å². The molecular weight excluding hydrogens is 192 g/mol. The Morgan fingerprint density at radius 1 is 1.60 bits per heavy atom. The van der Waals surface area contributed by atoms with Gasteiger partial charge in [-0.1, -0.05) is 0 Å². The smallest absolute Gasteiger partial charge is 0.157 e. The normalized spacial score (nSPS) is 17.7. The predicted octanol–water partition coefficient (Wildman–Crippen LogP) is 1.46. The van der Waals surface area contributed by atoms with Crippen LogP contribution < -0.4 is 0 Å². The molecule has 1 N–H and O–H groups in total. The van der Waals surface area contributed by atoms with Crippen LogP contribution in [0.2, 0.25) is 0 Å². The van der Waals surface area contributed by atoms with Gasteiger partial charge in [0.25, 0.3) is 0 Å². The van der Waals surface area contributed by atoms with Gasteiger partial charge in [-0.05, 0) is 31.7 Å². The minimum Gasteiger partial charge on any atom is -0.390 e. The second-order valence-corrected chi connectivity index (χ2v) is 3.78. The van der Waals surface area contributed by atoms with E-state index in [0.29, 0.717) is 24.0 Å². The first kappa shape index (κ1) is 10.5. The van der Waals surface area contributed by atoms with Crippen LogP contribution in [0.25, 0.3) is 0 Å². The van der Waals surface area contributed by atoms with E-state index in [9.17, 15) is 0 Å². The highest BCUT2D eigenvalue weighted by molar-refractivity contribution is 5.05. The summed E-state index contributed by atoms with van der Waals surface area (Å²) in [6.45, 7) is 2.61. The third kappa shape index (κ3) is 2.52. The summed E-state index contributed by atoms with van der Waals surface area (Å²) in [7, 11) is 0. The summed E-state index contributed by atoms with van der Waals surface area (Å²) in [5.74, 6) is 1.28. The fraction of sp³-hybridized carbons (Fsp3) is 0.636. The molecular formula is C11H16N2O2. The molecule has 1 aliphatic rings. The van der Waals surface area contributed by atoms with Crippen molar-refractivity contribution in [2.45, 2.75) is 32.5 Å². The van der Waals surface area contributed by atoms with Gasteiger partial charge >= 0.3 is 0 Å². The molecule has 1 aliphatic carbocycles. The van der Waals surface area contributed by atoms with E-state index in [1.807, 2.05) is 6.92 Å². The minimum atomic E-state index is -0.0426. The van der Waals surface area contributed by atoms with Crippen molar-refractivity contribution in [2.24, 2.45) is 5.92 Å². The minimum absolute atomic E-state index is 0.0153. The fourth-order valence-corrected chi connectivity index (χ4v) is 1.64. The summed E-state index contributed by atoms with van der Waals surface area (Å²) in [6.07, 6.45) is 4.08. The van der Waals surface area contributed by atoms with Crippen LogP contribution in [0.3, 0.4) is 0 Å². The molecule has 0 saturated heterocycles. The summed E-state index contributed by atoms with van der Waals surface area (Å²) in [6, 6.07) is 1.72. The van der Waals surface area contributed by atoms with Crippen LogP contribution in [0.4, 0.5) is 0 Å². The molecule has 1 aromatic rings. The number of rotatable bonds is 5. The van der Waals surface area contributed by atoms with E-state index in [4.69, 9.17) is 9.84 Å². The number of aliphatic hydroxyl groups excluding tert-OH is 1. The summed E-state index contributed by atoms with van der Waals surface area (Å²) in [5.41, 5.74) is 0.658. The molecule has 2 rings (SSSR count). The lowest BCUT2D eigenvalue weighted by atomic mass is 10.2. The second-order valence-electron chi connectivity index (χ2n) is 3.78. The number of hydrogen-bond donors (Lipinski definition) is 1. The van der Waals surface area contributed by atoms with Gasteiger partial charge in [0, 0.05) is 12.8 Å². The Labute approximate surface area is 89.3 Å². The molecule has 1 fully saturated rings. The SMILES string of the molecule is CCOC(c1nccc(CO)n1)C1CC1. The summed E-state index contributed by atoms with van der Waals surface area (Å²) in [4.78, 5) is 8.51. The second kappa shape index (κ2) is 4.68. The van der Waals surface area contributed by atoms with Gasteiger partial charge in [-0.3, -0.25) is 0 Å². The number of aromatic nitrogens is 2. The predicted molar refractivity (Wildman–Crippen MR) is 55.0 cm³/mol. The highest BCUT2D eigenvalue weighted by Gasteiger charge is 2.34. The Morgan fingerprint density at radius 3 is 3.00 bits per heavy atom. The van der Waals surface area contributed by atoms with Crippen molar-refractivity contribution >= 4 is 0 Å². The number of nitrogens with zero attached hydrogens (tertiary/aromatic N) is 2. The molecule has 4 nitrogen and oxygen atoms in total.